The highest BCUT2D eigenvalue weighted by Gasteiger charge is 2.39. The number of carbonyl (C=O) groups is 4. The highest BCUT2D eigenvalue weighted by Crippen LogP contribution is 2.37. The first-order chi connectivity index (χ1) is 19.0. The number of urea groups is 1. The molecule has 2 aromatic carbocycles. The van der Waals surface area contributed by atoms with Crippen LogP contribution >= 0.6 is 0 Å². The zero-order chi connectivity index (χ0) is 29.0. The maximum Gasteiger partial charge on any atom is 0.339 e. The molecule has 0 radical (unpaired) electrons. The van der Waals surface area contributed by atoms with E-state index in [1.54, 1.807) is 0 Å². The number of para-hydroxylation sites is 2. The summed E-state index contributed by atoms with van der Waals surface area (Å²) in [6.45, 7) is 5.60. The van der Waals surface area contributed by atoms with E-state index >= 15 is 0 Å². The molecule has 10 nitrogen and oxygen atoms in total. The Balaban J connectivity index is 1.65. The molecule has 1 unspecified atom stereocenters. The van der Waals surface area contributed by atoms with Gasteiger partial charge in [0.05, 0.1) is 25.0 Å². The molecule has 0 saturated heterocycles. The molecular formula is C30H38N4O6. The lowest BCUT2D eigenvalue weighted by molar-refractivity contribution is -0.127. The second-order valence-corrected chi connectivity index (χ2v) is 11.4. The Bertz CT molecular complexity index is 1280. The minimum atomic E-state index is -1.19. The number of methoxy groups -OCH3 is 1. The number of aromatic carboxylic acids is 1. The summed E-state index contributed by atoms with van der Waals surface area (Å²) < 4.78 is 5.09. The zero-order valence-corrected chi connectivity index (χ0v) is 23.5. The van der Waals surface area contributed by atoms with E-state index in [9.17, 15) is 24.3 Å². The van der Waals surface area contributed by atoms with Crippen LogP contribution in [0.4, 0.5) is 21.9 Å². The summed E-state index contributed by atoms with van der Waals surface area (Å²) in [7, 11) is 1.37. The fourth-order valence-corrected chi connectivity index (χ4v) is 5.28. The van der Waals surface area contributed by atoms with Gasteiger partial charge in [0.2, 0.25) is 0 Å². The van der Waals surface area contributed by atoms with Gasteiger partial charge < -0.3 is 30.3 Å². The highest BCUT2D eigenvalue weighted by molar-refractivity contribution is 6.08. The van der Waals surface area contributed by atoms with Crippen LogP contribution in [0.15, 0.2) is 42.5 Å². The van der Waals surface area contributed by atoms with Gasteiger partial charge in [0.1, 0.15) is 17.4 Å². The Hall–Kier alpha value is -4.08. The van der Waals surface area contributed by atoms with E-state index in [4.69, 9.17) is 4.74 Å². The quantitative estimate of drug-likeness (QED) is 0.456. The lowest BCUT2D eigenvalue weighted by atomic mass is 9.90. The van der Waals surface area contributed by atoms with Crippen LogP contribution in [0.1, 0.15) is 63.2 Å². The molecular weight excluding hydrogens is 512 g/mol. The number of anilines is 3. The van der Waals surface area contributed by atoms with Gasteiger partial charge in [-0.25, -0.2) is 9.59 Å². The Labute approximate surface area is 234 Å². The number of ketones is 1. The van der Waals surface area contributed by atoms with Gasteiger partial charge in [-0.05, 0) is 43.2 Å². The molecule has 4 rings (SSSR count). The predicted molar refractivity (Wildman–Crippen MR) is 153 cm³/mol. The zero-order valence-electron chi connectivity index (χ0n) is 23.5. The van der Waals surface area contributed by atoms with Crippen LogP contribution in [-0.4, -0.2) is 61.1 Å². The van der Waals surface area contributed by atoms with Crippen molar-refractivity contribution < 1.29 is 29.0 Å². The molecule has 1 atom stereocenters. The van der Waals surface area contributed by atoms with Crippen LogP contribution in [0.5, 0.6) is 5.75 Å². The summed E-state index contributed by atoms with van der Waals surface area (Å²) >= 11 is 0. The Morgan fingerprint density at radius 1 is 1.02 bits per heavy atom. The molecule has 0 bridgehead atoms. The monoisotopic (exact) mass is 550 g/mol. The minimum absolute atomic E-state index is 0.0931. The molecule has 0 aromatic heterocycles. The number of hydrogen-bond acceptors (Lipinski definition) is 6. The lowest BCUT2D eigenvalue weighted by Crippen LogP contribution is -2.55. The number of fused-ring (bicyclic) bond motifs is 1. The first-order valence-electron chi connectivity index (χ1n) is 13.7. The van der Waals surface area contributed by atoms with Crippen molar-refractivity contribution in [3.05, 3.63) is 48.0 Å². The molecule has 1 fully saturated rings. The Morgan fingerprint density at radius 3 is 2.33 bits per heavy atom. The van der Waals surface area contributed by atoms with Gasteiger partial charge in [0.15, 0.2) is 5.78 Å². The third-order valence-electron chi connectivity index (χ3n) is 7.57. The third-order valence-corrected chi connectivity index (χ3v) is 7.57. The summed E-state index contributed by atoms with van der Waals surface area (Å²) in [6, 6.07) is 10.5. The van der Waals surface area contributed by atoms with E-state index < -0.39 is 23.5 Å². The van der Waals surface area contributed by atoms with Gasteiger partial charge in [0, 0.05) is 23.7 Å². The molecule has 3 N–H and O–H groups in total. The molecule has 10 heteroatoms. The van der Waals surface area contributed by atoms with Crippen molar-refractivity contribution in [3.63, 3.8) is 0 Å². The average molecular weight is 551 g/mol. The van der Waals surface area contributed by atoms with Gasteiger partial charge in [-0.2, -0.15) is 0 Å². The van der Waals surface area contributed by atoms with E-state index in [0.29, 0.717) is 5.69 Å². The van der Waals surface area contributed by atoms with Crippen LogP contribution in [0, 0.1) is 5.41 Å². The first-order valence-corrected chi connectivity index (χ1v) is 13.7. The molecule has 1 saturated carbocycles. The van der Waals surface area contributed by atoms with Crippen LogP contribution in [0.3, 0.4) is 0 Å². The highest BCUT2D eigenvalue weighted by atomic mass is 16.5. The molecule has 214 valence electrons. The summed E-state index contributed by atoms with van der Waals surface area (Å²) in [6.07, 6.45) is 5.30. The molecule has 2 aromatic rings. The van der Waals surface area contributed by atoms with Crippen molar-refractivity contribution in [3.8, 4) is 5.75 Å². The number of amides is 3. The topological polar surface area (TPSA) is 128 Å². The van der Waals surface area contributed by atoms with Gasteiger partial charge in [-0.3, -0.25) is 9.59 Å². The Morgan fingerprint density at radius 2 is 1.70 bits per heavy atom. The van der Waals surface area contributed by atoms with Crippen molar-refractivity contribution in [2.24, 2.45) is 5.41 Å². The Kier molecular flexibility index (Phi) is 8.66. The fourth-order valence-electron chi connectivity index (χ4n) is 5.28. The van der Waals surface area contributed by atoms with Gasteiger partial charge in [-0.15, -0.1) is 0 Å². The number of carboxylic acid groups (broad SMARTS) is 1. The SMILES string of the molecule is COc1ccc(NC(=O)NC2CN(C3CCCCC3)c3ccccc3N(CC(=O)C(C)(C)C)C2=O)cc1C(=O)O. The van der Waals surface area contributed by atoms with Gasteiger partial charge in [-0.1, -0.05) is 52.2 Å². The molecule has 3 amide bonds. The number of nitrogens with one attached hydrogen (secondary N) is 2. The first kappa shape index (κ1) is 28.9. The van der Waals surface area contributed by atoms with Crippen LogP contribution in [-0.2, 0) is 9.59 Å². The third kappa shape index (κ3) is 6.38. The fraction of sp³-hybridized carbons (Fsp3) is 0.467. The minimum Gasteiger partial charge on any atom is -0.496 e. The number of carboxylic acids is 1. The van der Waals surface area contributed by atoms with Crippen molar-refractivity contribution in [1.82, 2.24) is 5.32 Å². The van der Waals surface area contributed by atoms with Crippen LogP contribution in [0.2, 0.25) is 0 Å². The summed E-state index contributed by atoms with van der Waals surface area (Å²) in [5.41, 5.74) is 1.01. The van der Waals surface area contributed by atoms with E-state index in [1.807, 2.05) is 45.0 Å². The van der Waals surface area contributed by atoms with Crippen molar-refractivity contribution in [2.75, 3.05) is 35.3 Å². The van der Waals surface area contributed by atoms with Crippen LogP contribution in [0.25, 0.3) is 0 Å². The second-order valence-electron chi connectivity index (χ2n) is 11.4. The van der Waals surface area contributed by atoms with Crippen molar-refractivity contribution in [2.45, 2.75) is 65.0 Å². The van der Waals surface area contributed by atoms with Crippen molar-refractivity contribution >= 4 is 40.8 Å². The normalized spacial score (nSPS) is 18.0. The van der Waals surface area contributed by atoms with Gasteiger partial charge in [0.25, 0.3) is 5.91 Å². The van der Waals surface area contributed by atoms with Crippen molar-refractivity contribution in [1.29, 1.82) is 0 Å². The number of carbonyl (C=O) groups excluding carboxylic acids is 3. The van der Waals surface area contributed by atoms with E-state index in [0.717, 1.165) is 31.4 Å². The number of benzene rings is 2. The standard InChI is InChI=1S/C30H38N4O6/c1-30(2,3)26(35)18-34-24-13-9-8-12-23(24)33(20-10-6-5-7-11-20)17-22(27(34)36)32-29(39)31-19-14-15-25(40-4)21(16-19)28(37)38/h8-9,12-16,20,22H,5-7,10-11,17-18H2,1-4H3,(H,37,38)(H2,31,32,39). The largest absolute Gasteiger partial charge is 0.496 e. The second kappa shape index (κ2) is 12.0. The molecule has 1 aliphatic heterocycles. The number of Topliss-reactive ketones (excluding diaryl/α,β-unsaturated/α-hetero) is 1. The maximum absolute atomic E-state index is 14.0. The number of rotatable bonds is 7. The molecule has 40 heavy (non-hydrogen) atoms. The maximum atomic E-state index is 14.0. The van der Waals surface area contributed by atoms with E-state index in [1.165, 1.54) is 36.6 Å². The van der Waals surface area contributed by atoms with E-state index in [-0.39, 0.29) is 47.8 Å². The van der Waals surface area contributed by atoms with Crippen LogP contribution < -0.4 is 25.2 Å². The average Bonchev–Trinajstić information content (AvgIpc) is 3.03. The van der Waals surface area contributed by atoms with E-state index in [2.05, 4.69) is 15.5 Å². The summed E-state index contributed by atoms with van der Waals surface area (Å²) in [5.74, 6) is -1.50. The molecule has 2 aliphatic rings. The lowest BCUT2D eigenvalue weighted by Gasteiger charge is -2.37. The summed E-state index contributed by atoms with van der Waals surface area (Å²) in [5, 5.41) is 14.9. The molecule has 1 aliphatic carbocycles. The van der Waals surface area contributed by atoms with Gasteiger partial charge >= 0.3 is 12.0 Å². The molecule has 0 spiro atoms. The molecule has 1 heterocycles. The smallest absolute Gasteiger partial charge is 0.339 e. The summed E-state index contributed by atoms with van der Waals surface area (Å²) in [4.78, 5) is 55.6. The predicted octanol–water partition coefficient (Wildman–Crippen LogP) is 4.68. The number of hydrogen-bond donors (Lipinski definition) is 3. The number of ether oxygens (including phenoxy) is 1. The number of nitrogens with zero attached hydrogens (tertiary/aromatic N) is 2.